The third kappa shape index (κ3) is 6.77. The van der Waals surface area contributed by atoms with Crippen LogP contribution in [0, 0.1) is 23.7 Å². The van der Waals surface area contributed by atoms with E-state index in [0.29, 0.717) is 39.7 Å². The Bertz CT molecular complexity index is 1250. The summed E-state index contributed by atoms with van der Waals surface area (Å²) in [5.74, 6) is 2.13. The summed E-state index contributed by atoms with van der Waals surface area (Å²) in [6, 6.07) is -0.0962. The van der Waals surface area contributed by atoms with Gasteiger partial charge in [-0.25, -0.2) is 0 Å². The molecule has 1 spiro atoms. The number of halogens is 1. The van der Waals surface area contributed by atoms with Gasteiger partial charge in [-0.2, -0.15) is 0 Å². The number of allylic oxidation sites excluding steroid dienone is 1. The second kappa shape index (κ2) is 15.1. The lowest BCUT2D eigenvalue weighted by molar-refractivity contribution is -0.154. The van der Waals surface area contributed by atoms with E-state index in [1.807, 2.05) is 7.11 Å². The number of hydrogen-bond donors (Lipinski definition) is 1. The fraction of sp³-hybridized carbons (Fsp3) is 0.900. The number of amides is 2. The van der Waals surface area contributed by atoms with E-state index in [4.69, 9.17) is 9.47 Å². The van der Waals surface area contributed by atoms with Crippen molar-refractivity contribution in [2.45, 2.75) is 174 Å². The van der Waals surface area contributed by atoms with Crippen LogP contribution in [0.1, 0.15) is 122 Å². The Kier molecular flexibility index (Phi) is 11.4. The van der Waals surface area contributed by atoms with Gasteiger partial charge >= 0.3 is 0 Å². The van der Waals surface area contributed by atoms with Gasteiger partial charge in [0.05, 0.1) is 39.4 Å². The number of ether oxygens (including phenoxy) is 2. The van der Waals surface area contributed by atoms with E-state index in [0.717, 1.165) is 58.0 Å². The topological polar surface area (TPSA) is 79.3 Å². The third-order valence-corrected chi connectivity index (χ3v) is 21.6. The zero-order chi connectivity index (χ0) is 34.5. The number of carbonyl (C=O) groups excluding carboxylic acids is 2. The third-order valence-electron chi connectivity index (χ3n) is 15.2. The van der Waals surface area contributed by atoms with E-state index in [-0.39, 0.29) is 42.0 Å². The molecule has 2 amide bonds. The molecule has 7 rings (SSSR count). The number of methoxy groups -OCH3 is 1. The van der Waals surface area contributed by atoms with Gasteiger partial charge in [0.25, 0.3) is 5.91 Å². The van der Waals surface area contributed by atoms with Gasteiger partial charge in [0.2, 0.25) is 5.91 Å². The molecule has 0 bridgehead atoms. The summed E-state index contributed by atoms with van der Waals surface area (Å²) in [6.07, 6.45) is 20.0. The normalized spacial score (nSPS) is 41.7. The average molecular weight is 809 g/mol. The van der Waals surface area contributed by atoms with Gasteiger partial charge < -0.3 is 24.4 Å². The summed E-state index contributed by atoms with van der Waals surface area (Å²) in [7, 11) is -0.207. The molecule has 2 saturated heterocycles. The summed E-state index contributed by atoms with van der Waals surface area (Å²) in [5, 5.41) is 10.5. The van der Waals surface area contributed by atoms with E-state index >= 15 is 4.79 Å². The van der Waals surface area contributed by atoms with Crippen molar-refractivity contribution in [2.75, 3.05) is 26.8 Å². The summed E-state index contributed by atoms with van der Waals surface area (Å²) in [6.45, 7) is 9.11. The number of hydrogen-bond acceptors (Lipinski definition) is 5. The molecule has 9 heteroatoms. The fourth-order valence-corrected chi connectivity index (χ4v) is 18.7. The van der Waals surface area contributed by atoms with Gasteiger partial charge in [-0.05, 0) is 105 Å². The maximum Gasteiger partial charge on any atom is 0.263 e. The first-order chi connectivity index (χ1) is 23.6. The molecule has 49 heavy (non-hydrogen) atoms. The second-order valence-electron chi connectivity index (χ2n) is 18.0. The molecule has 0 aromatic carbocycles. The largest absolute Gasteiger partial charge is 0.394 e. The van der Waals surface area contributed by atoms with Crippen molar-refractivity contribution in [3.63, 3.8) is 0 Å². The van der Waals surface area contributed by atoms with Crippen LogP contribution in [-0.4, -0.2) is 89.4 Å². The Morgan fingerprint density at radius 3 is 2.43 bits per heavy atom. The minimum atomic E-state index is -2.06. The standard InChI is InChI=1S/C40H65IN2O5Si/c1-26-38(49(3,4)33-18-16-32(47-2)17-19-33)36(22-37(45)42-24-29-12-6-5-11-28(29)21-31(42)25-44)48-40(26)34-14-7-8-15-35(34)43(39(40)46)23-27-10-9-13-30(41)20-27/h26-33,36,38,44H,5-25H2,1-4H3/t26-,27?,28?,29?,30?,31+,32?,33?,36+,38-,40+/m1/s1. The van der Waals surface area contributed by atoms with Crippen LogP contribution in [0.2, 0.25) is 24.2 Å². The molecule has 3 aliphatic heterocycles. The minimum absolute atomic E-state index is 0.0379. The molecule has 276 valence electrons. The van der Waals surface area contributed by atoms with Crippen molar-refractivity contribution in [1.29, 1.82) is 0 Å². The van der Waals surface area contributed by atoms with Gasteiger partial charge in [-0.3, -0.25) is 9.59 Å². The van der Waals surface area contributed by atoms with Crippen molar-refractivity contribution in [3.8, 4) is 0 Å². The Balaban J connectivity index is 1.21. The number of aliphatic hydroxyl groups is 1. The number of likely N-dealkylation sites (tertiary alicyclic amines) is 1. The number of fused-ring (bicyclic) bond motifs is 2. The van der Waals surface area contributed by atoms with Crippen LogP contribution in [0.3, 0.4) is 0 Å². The number of alkyl halides is 1. The smallest absolute Gasteiger partial charge is 0.263 e. The average Bonchev–Trinajstić information content (AvgIpc) is 3.53. The molecule has 1 N–H and O–H groups in total. The highest BCUT2D eigenvalue weighted by atomic mass is 127. The molecule has 4 aliphatic carbocycles. The molecule has 4 unspecified atom stereocenters. The minimum Gasteiger partial charge on any atom is -0.394 e. The summed E-state index contributed by atoms with van der Waals surface area (Å²) < 4.78 is 14.0. The quantitative estimate of drug-likeness (QED) is 0.152. The van der Waals surface area contributed by atoms with Crippen LogP contribution >= 0.6 is 22.6 Å². The van der Waals surface area contributed by atoms with Crippen molar-refractivity contribution >= 4 is 42.5 Å². The summed E-state index contributed by atoms with van der Waals surface area (Å²) in [5.41, 5.74) is 2.48. The Hall–Kier alpha value is -0.493. The van der Waals surface area contributed by atoms with Crippen LogP contribution < -0.4 is 0 Å². The number of nitrogens with zero attached hydrogens (tertiary/aromatic N) is 2. The maximum atomic E-state index is 15.2. The Morgan fingerprint density at radius 1 is 0.980 bits per heavy atom. The molecular formula is C40H65IN2O5Si. The number of aliphatic hydroxyl groups excluding tert-OH is 1. The van der Waals surface area contributed by atoms with Gasteiger partial charge in [-0.1, -0.05) is 81.1 Å². The van der Waals surface area contributed by atoms with Crippen molar-refractivity contribution in [1.82, 2.24) is 9.80 Å². The zero-order valence-corrected chi connectivity index (χ0v) is 34.1. The van der Waals surface area contributed by atoms with Crippen LogP contribution in [0.15, 0.2) is 11.3 Å². The monoisotopic (exact) mass is 808 g/mol. The van der Waals surface area contributed by atoms with Crippen molar-refractivity contribution < 1.29 is 24.2 Å². The van der Waals surface area contributed by atoms with E-state index < -0.39 is 13.7 Å². The lowest BCUT2D eigenvalue weighted by atomic mass is 9.73. The lowest BCUT2D eigenvalue weighted by Gasteiger charge is -2.47. The Morgan fingerprint density at radius 2 is 1.71 bits per heavy atom. The maximum absolute atomic E-state index is 15.2. The molecule has 3 heterocycles. The van der Waals surface area contributed by atoms with Gasteiger partial charge in [-0.15, -0.1) is 0 Å². The number of rotatable bonds is 8. The highest BCUT2D eigenvalue weighted by Crippen LogP contribution is 2.62. The molecule has 0 radical (unpaired) electrons. The van der Waals surface area contributed by atoms with E-state index in [9.17, 15) is 9.90 Å². The fourth-order valence-electron chi connectivity index (χ4n) is 12.6. The SMILES string of the molecule is COC1CCC([Si](C)(C)[C@H]2[C@H](CC(=O)N3CC4CCCCC4C[C@H]3CO)O[C@@]3(C(=O)N(CC4CCCC(I)C4)C4=C3CCCC4)[C@@H]2C)CC1. The summed E-state index contributed by atoms with van der Waals surface area (Å²) >= 11 is 2.62. The van der Waals surface area contributed by atoms with Crippen LogP contribution in [0.5, 0.6) is 0 Å². The Labute approximate surface area is 311 Å². The second-order valence-corrected chi connectivity index (χ2v) is 24.9. The first-order valence-corrected chi connectivity index (χ1v) is 24.8. The van der Waals surface area contributed by atoms with E-state index in [2.05, 4.69) is 52.4 Å². The molecule has 7 nitrogen and oxygen atoms in total. The van der Waals surface area contributed by atoms with Crippen LogP contribution in [0.25, 0.3) is 0 Å². The van der Waals surface area contributed by atoms with Crippen molar-refractivity contribution in [3.05, 3.63) is 11.3 Å². The molecule has 9 atom stereocenters. The van der Waals surface area contributed by atoms with Gasteiger partial charge in [0.15, 0.2) is 5.60 Å². The molecule has 5 fully saturated rings. The highest BCUT2D eigenvalue weighted by molar-refractivity contribution is 14.1. The highest BCUT2D eigenvalue weighted by Gasteiger charge is 2.67. The predicted octanol–water partition coefficient (Wildman–Crippen LogP) is 8.25. The summed E-state index contributed by atoms with van der Waals surface area (Å²) in [4.78, 5) is 34.1. The molecular weight excluding hydrogens is 743 g/mol. The molecule has 3 saturated carbocycles. The van der Waals surface area contributed by atoms with E-state index in [1.54, 1.807) is 0 Å². The number of carbonyl (C=O) groups is 2. The lowest BCUT2D eigenvalue weighted by Crippen LogP contribution is -2.53. The van der Waals surface area contributed by atoms with Crippen LogP contribution in [-0.2, 0) is 19.1 Å². The molecule has 0 aromatic heterocycles. The molecule has 0 aromatic rings. The zero-order valence-electron chi connectivity index (χ0n) is 31.0. The van der Waals surface area contributed by atoms with Gasteiger partial charge in [0.1, 0.15) is 0 Å². The van der Waals surface area contributed by atoms with Crippen LogP contribution in [0.4, 0.5) is 0 Å². The first kappa shape index (κ1) is 36.8. The first-order valence-electron chi connectivity index (χ1n) is 20.4. The van der Waals surface area contributed by atoms with Crippen molar-refractivity contribution in [2.24, 2.45) is 23.7 Å². The van der Waals surface area contributed by atoms with Gasteiger partial charge in [0, 0.05) is 35.7 Å². The molecule has 7 aliphatic rings. The van der Waals surface area contributed by atoms with E-state index in [1.165, 1.54) is 75.5 Å². The predicted molar refractivity (Wildman–Crippen MR) is 205 cm³/mol. The number of piperidine rings is 1.